The Hall–Kier alpha value is -1.32. The number of nitrogens with one attached hydrogen (secondary N) is 1. The summed E-state index contributed by atoms with van der Waals surface area (Å²) >= 11 is 6.18. The minimum absolute atomic E-state index is 0.410. The fraction of sp³-hybridized carbons (Fsp3) is 0.438. The van der Waals surface area contributed by atoms with Crippen molar-refractivity contribution in [2.24, 2.45) is 7.05 Å². The van der Waals surface area contributed by atoms with Crippen molar-refractivity contribution in [3.8, 4) is 0 Å². The van der Waals surface area contributed by atoms with Gasteiger partial charge in [-0.2, -0.15) is 5.10 Å². The molecule has 3 nitrogen and oxygen atoms in total. The zero-order chi connectivity index (χ0) is 14.1. The first-order valence-corrected chi connectivity index (χ1v) is 7.52. The van der Waals surface area contributed by atoms with E-state index in [2.05, 4.69) is 28.6 Å². The molecule has 0 amide bonds. The van der Waals surface area contributed by atoms with Crippen LogP contribution in [0.25, 0.3) is 0 Å². The third-order valence-electron chi connectivity index (χ3n) is 4.16. The number of hydrogen-bond donors (Lipinski definition) is 1. The molecule has 1 aromatic carbocycles. The Kier molecular flexibility index (Phi) is 3.81. The van der Waals surface area contributed by atoms with Crippen LogP contribution in [0.2, 0.25) is 5.02 Å². The maximum Gasteiger partial charge on any atom is 0.0540 e. The smallest absolute Gasteiger partial charge is 0.0540 e. The number of fused-ring (bicyclic) bond motifs is 1. The van der Waals surface area contributed by atoms with E-state index in [0.717, 1.165) is 23.6 Å². The van der Waals surface area contributed by atoms with E-state index < -0.39 is 0 Å². The standard InChI is InChI=1S/C16H20ClN3/c1-11-6-7-12(8-14(11)17)9-18-15-4-3-5-16-13(15)10-19-20(16)2/h6-8,10,15,18H,3-5,9H2,1-2H3. The summed E-state index contributed by atoms with van der Waals surface area (Å²) in [5.74, 6) is 0. The summed E-state index contributed by atoms with van der Waals surface area (Å²) < 4.78 is 2.01. The molecule has 0 aliphatic heterocycles. The van der Waals surface area contributed by atoms with Crippen molar-refractivity contribution in [1.29, 1.82) is 0 Å². The molecule has 1 aromatic heterocycles. The quantitative estimate of drug-likeness (QED) is 0.936. The van der Waals surface area contributed by atoms with E-state index in [-0.39, 0.29) is 0 Å². The molecule has 1 aliphatic rings. The lowest BCUT2D eigenvalue weighted by molar-refractivity contribution is 0.452. The van der Waals surface area contributed by atoms with E-state index in [9.17, 15) is 0 Å². The minimum atomic E-state index is 0.410. The van der Waals surface area contributed by atoms with Crippen molar-refractivity contribution in [2.75, 3.05) is 0 Å². The molecule has 1 aliphatic carbocycles. The van der Waals surface area contributed by atoms with Gasteiger partial charge in [0.2, 0.25) is 0 Å². The van der Waals surface area contributed by atoms with Crippen molar-refractivity contribution in [2.45, 2.75) is 38.8 Å². The number of benzene rings is 1. The average Bonchev–Trinajstić information content (AvgIpc) is 2.83. The number of rotatable bonds is 3. The van der Waals surface area contributed by atoms with Gasteiger partial charge in [0, 0.05) is 35.9 Å². The first kappa shape index (κ1) is 13.7. The molecule has 0 saturated heterocycles. The van der Waals surface area contributed by atoms with Crippen molar-refractivity contribution < 1.29 is 0 Å². The van der Waals surface area contributed by atoms with Crippen LogP contribution in [0.5, 0.6) is 0 Å². The van der Waals surface area contributed by atoms with Gasteiger partial charge in [0.1, 0.15) is 0 Å². The van der Waals surface area contributed by atoms with Crippen LogP contribution in [0.1, 0.15) is 41.3 Å². The van der Waals surface area contributed by atoms with Crippen molar-refractivity contribution >= 4 is 11.6 Å². The highest BCUT2D eigenvalue weighted by molar-refractivity contribution is 6.31. The van der Waals surface area contributed by atoms with Crippen LogP contribution < -0.4 is 5.32 Å². The van der Waals surface area contributed by atoms with E-state index in [1.165, 1.54) is 29.7 Å². The lowest BCUT2D eigenvalue weighted by Crippen LogP contribution is -2.24. The molecule has 106 valence electrons. The normalized spacial score (nSPS) is 18.1. The van der Waals surface area contributed by atoms with Gasteiger partial charge in [0.05, 0.1) is 6.20 Å². The molecule has 0 radical (unpaired) electrons. The van der Waals surface area contributed by atoms with E-state index in [1.807, 2.05) is 24.9 Å². The van der Waals surface area contributed by atoms with Crippen LogP contribution in [0.3, 0.4) is 0 Å². The Balaban J connectivity index is 1.71. The predicted molar refractivity (Wildman–Crippen MR) is 81.9 cm³/mol. The van der Waals surface area contributed by atoms with Crippen molar-refractivity contribution in [1.82, 2.24) is 15.1 Å². The van der Waals surface area contributed by atoms with Crippen LogP contribution in [0, 0.1) is 6.92 Å². The first-order valence-electron chi connectivity index (χ1n) is 7.14. The second-order valence-corrected chi connectivity index (χ2v) is 5.99. The monoisotopic (exact) mass is 289 g/mol. The summed E-state index contributed by atoms with van der Waals surface area (Å²) in [4.78, 5) is 0. The highest BCUT2D eigenvalue weighted by Crippen LogP contribution is 2.29. The molecular formula is C16H20ClN3. The minimum Gasteiger partial charge on any atom is -0.306 e. The van der Waals surface area contributed by atoms with E-state index in [0.29, 0.717) is 6.04 Å². The Morgan fingerprint density at radius 2 is 2.30 bits per heavy atom. The molecule has 2 aromatic rings. The first-order chi connectivity index (χ1) is 9.65. The molecule has 0 bridgehead atoms. The number of hydrogen-bond acceptors (Lipinski definition) is 2. The summed E-state index contributed by atoms with van der Waals surface area (Å²) in [7, 11) is 2.03. The molecule has 1 unspecified atom stereocenters. The Labute approximate surface area is 124 Å². The van der Waals surface area contributed by atoms with Crippen LogP contribution in [-0.2, 0) is 20.0 Å². The maximum absolute atomic E-state index is 6.18. The van der Waals surface area contributed by atoms with Gasteiger partial charge in [-0.15, -0.1) is 0 Å². The SMILES string of the molecule is Cc1ccc(CNC2CCCc3c2cnn3C)cc1Cl. The molecule has 4 heteroatoms. The van der Waals surface area contributed by atoms with Crippen LogP contribution in [-0.4, -0.2) is 9.78 Å². The summed E-state index contributed by atoms with van der Waals surface area (Å²) in [5.41, 5.74) is 5.09. The van der Waals surface area contributed by atoms with Gasteiger partial charge in [0.25, 0.3) is 0 Å². The zero-order valence-electron chi connectivity index (χ0n) is 12.0. The number of nitrogens with zero attached hydrogens (tertiary/aromatic N) is 2. The molecule has 1 atom stereocenters. The Morgan fingerprint density at radius 1 is 1.45 bits per heavy atom. The molecule has 1 heterocycles. The second kappa shape index (κ2) is 5.58. The Bertz CT molecular complexity index is 618. The zero-order valence-corrected chi connectivity index (χ0v) is 12.7. The third-order valence-corrected chi connectivity index (χ3v) is 4.57. The van der Waals surface area contributed by atoms with Gasteiger partial charge in [-0.25, -0.2) is 0 Å². The molecule has 0 fully saturated rings. The number of aromatic nitrogens is 2. The van der Waals surface area contributed by atoms with Gasteiger partial charge in [-0.1, -0.05) is 23.7 Å². The van der Waals surface area contributed by atoms with Gasteiger partial charge >= 0.3 is 0 Å². The lowest BCUT2D eigenvalue weighted by atomic mass is 9.93. The third kappa shape index (κ3) is 2.60. The van der Waals surface area contributed by atoms with E-state index in [4.69, 9.17) is 11.6 Å². The second-order valence-electron chi connectivity index (χ2n) is 5.58. The maximum atomic E-state index is 6.18. The predicted octanol–water partition coefficient (Wildman–Crippen LogP) is 3.55. The molecule has 3 rings (SSSR count). The fourth-order valence-corrected chi connectivity index (χ4v) is 3.11. The van der Waals surface area contributed by atoms with Gasteiger partial charge < -0.3 is 5.32 Å². The molecular weight excluding hydrogens is 270 g/mol. The molecule has 0 saturated carbocycles. The Morgan fingerprint density at radius 3 is 3.10 bits per heavy atom. The lowest BCUT2D eigenvalue weighted by Gasteiger charge is -2.24. The highest BCUT2D eigenvalue weighted by atomic mass is 35.5. The summed E-state index contributed by atoms with van der Waals surface area (Å²) in [6.45, 7) is 2.88. The summed E-state index contributed by atoms with van der Waals surface area (Å²) in [5, 5.41) is 8.87. The van der Waals surface area contributed by atoms with E-state index >= 15 is 0 Å². The molecule has 0 spiro atoms. The van der Waals surface area contributed by atoms with Gasteiger partial charge in [0.15, 0.2) is 0 Å². The molecule has 1 N–H and O–H groups in total. The average molecular weight is 290 g/mol. The number of halogens is 1. The van der Waals surface area contributed by atoms with Crippen LogP contribution >= 0.6 is 11.6 Å². The van der Waals surface area contributed by atoms with Crippen LogP contribution in [0.15, 0.2) is 24.4 Å². The number of aryl methyl sites for hydroxylation is 2. The topological polar surface area (TPSA) is 29.9 Å². The molecule has 20 heavy (non-hydrogen) atoms. The van der Waals surface area contributed by atoms with E-state index in [1.54, 1.807) is 0 Å². The van der Waals surface area contributed by atoms with Crippen LogP contribution in [0.4, 0.5) is 0 Å². The van der Waals surface area contributed by atoms with Crippen molar-refractivity contribution in [3.63, 3.8) is 0 Å². The fourth-order valence-electron chi connectivity index (χ4n) is 2.91. The van der Waals surface area contributed by atoms with Gasteiger partial charge in [-0.3, -0.25) is 4.68 Å². The highest BCUT2D eigenvalue weighted by Gasteiger charge is 2.22. The van der Waals surface area contributed by atoms with Crippen molar-refractivity contribution in [3.05, 3.63) is 51.8 Å². The summed E-state index contributed by atoms with van der Waals surface area (Å²) in [6, 6.07) is 6.68. The largest absolute Gasteiger partial charge is 0.306 e. The van der Waals surface area contributed by atoms with Gasteiger partial charge in [-0.05, 0) is 43.4 Å². The summed E-state index contributed by atoms with van der Waals surface area (Å²) in [6.07, 6.45) is 5.55.